The van der Waals surface area contributed by atoms with E-state index in [1.54, 1.807) is 0 Å². The molecule has 6 nitrogen and oxygen atoms in total. The molecule has 0 rings (SSSR count). The lowest BCUT2D eigenvalue weighted by atomic mass is 10.0. The summed E-state index contributed by atoms with van der Waals surface area (Å²) < 4.78 is 5.95. The number of carboxylic acid groups (broad SMARTS) is 1. The Morgan fingerprint density at radius 1 is 0.537 bits per heavy atom. The van der Waals surface area contributed by atoms with E-state index in [-0.39, 0.29) is 24.5 Å². The summed E-state index contributed by atoms with van der Waals surface area (Å²) in [4.78, 5) is 34.7. The molecular weight excluding hydrogens is 514 g/mol. The molecule has 1 atom stereocenters. The molecule has 6 heteroatoms. The highest BCUT2D eigenvalue weighted by atomic mass is 16.5. The van der Waals surface area contributed by atoms with Crippen LogP contribution >= 0.6 is 0 Å². The van der Waals surface area contributed by atoms with E-state index in [0.29, 0.717) is 12.8 Å². The van der Waals surface area contributed by atoms with Gasteiger partial charge in [-0.15, -0.1) is 0 Å². The third kappa shape index (κ3) is 31.2. The topological polar surface area (TPSA) is 92.7 Å². The molecule has 0 saturated heterocycles. The van der Waals surface area contributed by atoms with Crippen molar-refractivity contribution >= 4 is 17.8 Å². The van der Waals surface area contributed by atoms with Crippen LogP contribution in [0.25, 0.3) is 0 Å². The number of rotatable bonds is 32. The first-order valence-electron chi connectivity index (χ1n) is 17.7. The van der Waals surface area contributed by atoms with Crippen LogP contribution in [0.1, 0.15) is 194 Å². The van der Waals surface area contributed by atoms with E-state index in [1.165, 1.54) is 103 Å². The van der Waals surface area contributed by atoms with Gasteiger partial charge in [0.2, 0.25) is 5.91 Å². The average molecular weight is 582 g/mol. The van der Waals surface area contributed by atoms with Gasteiger partial charge in [0.1, 0.15) is 12.6 Å². The number of hydrogen-bond acceptors (Lipinski definition) is 4. The third-order valence-corrected chi connectivity index (χ3v) is 8.03. The summed E-state index contributed by atoms with van der Waals surface area (Å²) in [7, 11) is 0. The fourth-order valence-corrected chi connectivity index (χ4v) is 5.40. The number of ether oxygens (including phenoxy) is 1. The highest BCUT2D eigenvalue weighted by Gasteiger charge is 2.14. The number of aliphatic carboxylic acids is 1. The fraction of sp³-hybridized carbons (Fsp3) is 0.914. The highest BCUT2D eigenvalue weighted by Crippen LogP contribution is 2.18. The van der Waals surface area contributed by atoms with Crippen LogP contribution in [0.3, 0.4) is 0 Å². The zero-order valence-electron chi connectivity index (χ0n) is 27.2. The van der Waals surface area contributed by atoms with Crippen LogP contribution in [-0.4, -0.2) is 35.6 Å². The number of amides is 1. The molecule has 0 saturated carbocycles. The van der Waals surface area contributed by atoms with Crippen molar-refractivity contribution in [2.24, 2.45) is 0 Å². The highest BCUT2D eigenvalue weighted by molar-refractivity contribution is 5.80. The first-order chi connectivity index (χ1) is 20.0. The predicted octanol–water partition coefficient (Wildman–Crippen LogP) is 10.1. The van der Waals surface area contributed by atoms with E-state index in [9.17, 15) is 14.4 Å². The smallest absolute Gasteiger partial charge is 0.322 e. The molecule has 0 aromatic rings. The first-order valence-corrected chi connectivity index (χ1v) is 17.7. The van der Waals surface area contributed by atoms with E-state index in [1.807, 2.05) is 0 Å². The van der Waals surface area contributed by atoms with Crippen LogP contribution < -0.4 is 5.32 Å². The summed E-state index contributed by atoms with van der Waals surface area (Å²) in [6.45, 7) is 4.20. The maximum atomic E-state index is 12.6. The Morgan fingerprint density at radius 3 is 1.32 bits per heavy atom. The summed E-state index contributed by atoms with van der Waals surface area (Å²) in [5.74, 6) is -1.22. The van der Waals surface area contributed by atoms with Crippen molar-refractivity contribution in [2.45, 2.75) is 200 Å². The van der Waals surface area contributed by atoms with E-state index < -0.39 is 5.97 Å². The molecule has 0 spiro atoms. The van der Waals surface area contributed by atoms with Crippen molar-refractivity contribution in [1.29, 1.82) is 0 Å². The molecule has 0 bridgehead atoms. The minimum absolute atomic E-state index is 0.0172. The third-order valence-electron chi connectivity index (χ3n) is 8.03. The number of carbonyl (C=O) groups is 3. The van der Waals surface area contributed by atoms with Gasteiger partial charge in [0.15, 0.2) is 0 Å². The number of unbranched alkanes of at least 4 members (excludes halogenated alkanes) is 21. The van der Waals surface area contributed by atoms with Crippen molar-refractivity contribution in [3.63, 3.8) is 0 Å². The van der Waals surface area contributed by atoms with Gasteiger partial charge in [-0.05, 0) is 38.5 Å². The van der Waals surface area contributed by atoms with Crippen molar-refractivity contribution in [2.75, 3.05) is 6.54 Å². The van der Waals surface area contributed by atoms with Gasteiger partial charge in [-0.25, -0.2) is 0 Å². The Morgan fingerprint density at radius 2 is 0.902 bits per heavy atom. The molecule has 0 heterocycles. The number of nitrogens with one attached hydrogen (secondary N) is 1. The minimum Gasteiger partial charge on any atom is -0.480 e. The van der Waals surface area contributed by atoms with Gasteiger partial charge in [0, 0.05) is 12.8 Å². The Hall–Kier alpha value is -1.59. The molecule has 0 aliphatic carbocycles. The standard InChI is InChI=1S/C35H67NO5/c1-3-5-7-9-11-12-13-14-15-16-17-22-26-30-35(40)41-32(27-23-19-10-8-6-4-2)28-24-20-18-21-25-29-33(37)36-31-34(38)39/h32H,3-31H2,1-2H3,(H,36,37)(H,38,39). The summed E-state index contributed by atoms with van der Waals surface area (Å²) in [5.41, 5.74) is 0. The molecule has 0 aromatic carbocycles. The lowest BCUT2D eigenvalue weighted by molar-refractivity contribution is -0.150. The van der Waals surface area contributed by atoms with Gasteiger partial charge in [0.25, 0.3) is 0 Å². The minimum atomic E-state index is -1.01. The van der Waals surface area contributed by atoms with Crippen molar-refractivity contribution in [3.05, 3.63) is 0 Å². The molecule has 2 N–H and O–H groups in total. The van der Waals surface area contributed by atoms with E-state index in [4.69, 9.17) is 9.84 Å². The zero-order chi connectivity index (χ0) is 30.2. The number of esters is 1. The molecule has 41 heavy (non-hydrogen) atoms. The van der Waals surface area contributed by atoms with Crippen molar-refractivity contribution in [3.8, 4) is 0 Å². The molecule has 0 fully saturated rings. The number of hydrogen-bond donors (Lipinski definition) is 2. The monoisotopic (exact) mass is 582 g/mol. The molecule has 0 radical (unpaired) electrons. The van der Waals surface area contributed by atoms with E-state index in [0.717, 1.165) is 64.2 Å². The second-order valence-electron chi connectivity index (χ2n) is 12.1. The van der Waals surface area contributed by atoms with Crippen LogP contribution in [0, 0.1) is 0 Å². The predicted molar refractivity (Wildman–Crippen MR) is 171 cm³/mol. The lowest BCUT2D eigenvalue weighted by Gasteiger charge is -2.18. The van der Waals surface area contributed by atoms with Gasteiger partial charge >= 0.3 is 11.9 Å². The van der Waals surface area contributed by atoms with Crippen LogP contribution in [0.15, 0.2) is 0 Å². The molecular formula is C35H67NO5. The van der Waals surface area contributed by atoms with Crippen LogP contribution in [-0.2, 0) is 19.1 Å². The Bertz CT molecular complexity index is 609. The SMILES string of the molecule is CCCCCCCCCCCCCCCC(=O)OC(CCCCCCCC)CCCCCCCC(=O)NCC(=O)O. The van der Waals surface area contributed by atoms with Crippen LogP contribution in [0.4, 0.5) is 0 Å². The summed E-state index contributed by atoms with van der Waals surface area (Å²) in [6, 6.07) is 0. The molecule has 0 aliphatic heterocycles. The normalized spacial score (nSPS) is 11.9. The van der Waals surface area contributed by atoms with Gasteiger partial charge in [-0.3, -0.25) is 14.4 Å². The summed E-state index contributed by atoms with van der Waals surface area (Å²) in [6.07, 6.45) is 32.2. The quantitative estimate of drug-likeness (QED) is 0.0609. The van der Waals surface area contributed by atoms with Gasteiger partial charge in [-0.2, -0.15) is 0 Å². The average Bonchev–Trinajstić information content (AvgIpc) is 2.95. The zero-order valence-corrected chi connectivity index (χ0v) is 27.2. The Kier molecular flexibility index (Phi) is 30.1. The molecule has 242 valence electrons. The van der Waals surface area contributed by atoms with E-state index in [2.05, 4.69) is 19.2 Å². The van der Waals surface area contributed by atoms with E-state index >= 15 is 0 Å². The van der Waals surface area contributed by atoms with Crippen LogP contribution in [0.2, 0.25) is 0 Å². The fourth-order valence-electron chi connectivity index (χ4n) is 5.40. The van der Waals surface area contributed by atoms with Gasteiger partial charge in [0.05, 0.1) is 0 Å². The number of carboxylic acids is 1. The first kappa shape index (κ1) is 39.4. The molecule has 1 amide bonds. The maximum absolute atomic E-state index is 12.6. The largest absolute Gasteiger partial charge is 0.480 e. The second-order valence-corrected chi connectivity index (χ2v) is 12.1. The van der Waals surface area contributed by atoms with Gasteiger partial charge < -0.3 is 15.2 Å². The van der Waals surface area contributed by atoms with Crippen molar-refractivity contribution < 1.29 is 24.2 Å². The second kappa shape index (κ2) is 31.3. The van der Waals surface area contributed by atoms with Crippen molar-refractivity contribution in [1.82, 2.24) is 5.32 Å². The number of carbonyl (C=O) groups excluding carboxylic acids is 2. The maximum Gasteiger partial charge on any atom is 0.322 e. The molecule has 0 aromatic heterocycles. The Balaban J connectivity index is 4.00. The molecule has 1 unspecified atom stereocenters. The Labute approximate surface area is 253 Å². The van der Waals surface area contributed by atoms with Gasteiger partial charge in [-0.1, -0.05) is 142 Å². The van der Waals surface area contributed by atoms with Crippen LogP contribution in [0.5, 0.6) is 0 Å². The summed E-state index contributed by atoms with van der Waals surface area (Å²) in [5, 5.41) is 11.0. The molecule has 0 aliphatic rings. The summed E-state index contributed by atoms with van der Waals surface area (Å²) >= 11 is 0. The lowest BCUT2D eigenvalue weighted by Crippen LogP contribution is -2.28.